The smallest absolute Gasteiger partial charge is 0.253 e. The second-order valence-corrected chi connectivity index (χ2v) is 5.51. The number of nitrogen functional groups attached to an aromatic ring is 1. The van der Waals surface area contributed by atoms with E-state index in [0.717, 1.165) is 0 Å². The van der Waals surface area contributed by atoms with Gasteiger partial charge in [-0.15, -0.1) is 0 Å². The number of hydrogen-bond donors (Lipinski definition) is 2. The summed E-state index contributed by atoms with van der Waals surface area (Å²) in [5.74, 6) is 1.47. The summed E-state index contributed by atoms with van der Waals surface area (Å²) in [5, 5.41) is 2.98. The largest absolute Gasteiger partial charge is 0.493 e. The number of amides is 1. The van der Waals surface area contributed by atoms with Crippen molar-refractivity contribution in [2.24, 2.45) is 5.92 Å². The minimum atomic E-state index is -0.154. The molecule has 1 saturated carbocycles. The van der Waals surface area contributed by atoms with Gasteiger partial charge in [0.15, 0.2) is 11.5 Å². The molecule has 0 atom stereocenters. The molecule has 1 aromatic carbocycles. The molecular weight excluding hydrogens is 268 g/mol. The number of benzene rings is 1. The molecule has 116 valence electrons. The molecule has 3 N–H and O–H groups in total. The van der Waals surface area contributed by atoms with Crippen molar-refractivity contribution in [3.63, 3.8) is 0 Å². The highest BCUT2D eigenvalue weighted by molar-refractivity contribution is 6.00. The van der Waals surface area contributed by atoms with Gasteiger partial charge in [-0.05, 0) is 24.8 Å². The molecule has 2 rings (SSSR count). The molecule has 0 bridgehead atoms. The lowest BCUT2D eigenvalue weighted by Gasteiger charge is -2.22. The van der Waals surface area contributed by atoms with E-state index in [9.17, 15) is 4.79 Å². The van der Waals surface area contributed by atoms with Gasteiger partial charge in [0.25, 0.3) is 5.91 Å². The quantitative estimate of drug-likeness (QED) is 0.818. The third kappa shape index (κ3) is 3.80. The van der Waals surface area contributed by atoms with Gasteiger partial charge < -0.3 is 20.5 Å². The third-order valence-corrected chi connectivity index (χ3v) is 4.08. The van der Waals surface area contributed by atoms with Crippen molar-refractivity contribution in [3.05, 3.63) is 17.7 Å². The summed E-state index contributed by atoms with van der Waals surface area (Å²) in [6.07, 6.45) is 6.23. The molecule has 1 fully saturated rings. The van der Waals surface area contributed by atoms with Crippen LogP contribution in [0.4, 0.5) is 5.69 Å². The topological polar surface area (TPSA) is 73.6 Å². The molecule has 0 saturated heterocycles. The summed E-state index contributed by atoms with van der Waals surface area (Å²) in [5.41, 5.74) is 6.76. The van der Waals surface area contributed by atoms with Gasteiger partial charge in [-0.3, -0.25) is 4.79 Å². The highest BCUT2D eigenvalue weighted by Crippen LogP contribution is 2.32. The predicted molar refractivity (Wildman–Crippen MR) is 82.9 cm³/mol. The Hall–Kier alpha value is -1.91. The Kier molecular flexibility index (Phi) is 5.31. The maximum Gasteiger partial charge on any atom is 0.253 e. The lowest BCUT2D eigenvalue weighted by molar-refractivity contribution is 0.0944. The van der Waals surface area contributed by atoms with Crippen LogP contribution >= 0.6 is 0 Å². The van der Waals surface area contributed by atoms with Gasteiger partial charge in [0.05, 0.1) is 19.8 Å². The Balaban J connectivity index is 2.04. The monoisotopic (exact) mass is 292 g/mol. The molecular formula is C16H24N2O3. The van der Waals surface area contributed by atoms with Crippen molar-refractivity contribution >= 4 is 11.6 Å². The van der Waals surface area contributed by atoms with E-state index in [2.05, 4.69) is 5.32 Å². The van der Waals surface area contributed by atoms with E-state index in [1.54, 1.807) is 19.2 Å². The fourth-order valence-corrected chi connectivity index (χ4v) is 2.81. The fourth-order valence-electron chi connectivity index (χ4n) is 2.81. The first-order chi connectivity index (χ1) is 10.2. The van der Waals surface area contributed by atoms with Gasteiger partial charge in [0, 0.05) is 18.3 Å². The second-order valence-electron chi connectivity index (χ2n) is 5.51. The highest BCUT2D eigenvalue weighted by Gasteiger charge is 2.18. The number of carbonyl (C=O) groups is 1. The van der Waals surface area contributed by atoms with Gasteiger partial charge in [0.2, 0.25) is 0 Å². The molecule has 0 aromatic heterocycles. The van der Waals surface area contributed by atoms with E-state index >= 15 is 0 Å². The number of carbonyl (C=O) groups excluding carboxylic acids is 1. The van der Waals surface area contributed by atoms with Crippen molar-refractivity contribution in [2.75, 3.05) is 26.5 Å². The van der Waals surface area contributed by atoms with Crippen LogP contribution < -0.4 is 20.5 Å². The van der Waals surface area contributed by atoms with Crippen LogP contribution in [0.1, 0.15) is 42.5 Å². The summed E-state index contributed by atoms with van der Waals surface area (Å²) in [4.78, 5) is 12.3. The molecule has 1 amide bonds. The second kappa shape index (κ2) is 7.20. The average molecular weight is 292 g/mol. The van der Waals surface area contributed by atoms with Crippen molar-refractivity contribution < 1.29 is 14.3 Å². The summed E-state index contributed by atoms with van der Waals surface area (Å²) in [6, 6.07) is 3.25. The SMILES string of the molecule is COc1cc(N)c(C(=O)NCC2CCCCC2)cc1OC. The minimum Gasteiger partial charge on any atom is -0.493 e. The molecule has 0 radical (unpaired) electrons. The third-order valence-electron chi connectivity index (χ3n) is 4.08. The van der Waals surface area contributed by atoms with Crippen LogP contribution in [-0.4, -0.2) is 26.7 Å². The summed E-state index contributed by atoms with van der Waals surface area (Å²) in [6.45, 7) is 0.715. The molecule has 5 nitrogen and oxygen atoms in total. The number of nitrogens with two attached hydrogens (primary N) is 1. The van der Waals surface area contributed by atoms with Crippen molar-refractivity contribution in [2.45, 2.75) is 32.1 Å². The molecule has 0 aliphatic heterocycles. The number of ether oxygens (including phenoxy) is 2. The Morgan fingerprint density at radius 3 is 2.43 bits per heavy atom. The molecule has 0 unspecified atom stereocenters. The summed E-state index contributed by atoms with van der Waals surface area (Å²) < 4.78 is 10.4. The first-order valence-corrected chi connectivity index (χ1v) is 7.45. The van der Waals surface area contributed by atoms with E-state index in [-0.39, 0.29) is 5.91 Å². The molecule has 1 aromatic rings. The lowest BCUT2D eigenvalue weighted by atomic mass is 9.89. The number of methoxy groups -OCH3 is 2. The molecule has 5 heteroatoms. The molecule has 1 aliphatic rings. The lowest BCUT2D eigenvalue weighted by Crippen LogP contribution is -2.30. The van der Waals surface area contributed by atoms with Crippen LogP contribution in [0.3, 0.4) is 0 Å². The standard InChI is InChI=1S/C16H24N2O3/c1-20-14-8-12(13(17)9-15(14)21-2)16(19)18-10-11-6-4-3-5-7-11/h8-9,11H,3-7,10,17H2,1-2H3,(H,18,19). The zero-order valence-electron chi connectivity index (χ0n) is 12.8. The number of hydrogen-bond acceptors (Lipinski definition) is 4. The van der Waals surface area contributed by atoms with E-state index in [4.69, 9.17) is 15.2 Å². The van der Waals surface area contributed by atoms with Crippen molar-refractivity contribution in [1.29, 1.82) is 0 Å². The highest BCUT2D eigenvalue weighted by atomic mass is 16.5. The molecule has 0 heterocycles. The van der Waals surface area contributed by atoms with Crippen molar-refractivity contribution in [1.82, 2.24) is 5.32 Å². The number of nitrogens with one attached hydrogen (secondary N) is 1. The Bertz CT molecular complexity index is 497. The van der Waals surface area contributed by atoms with E-state index in [1.165, 1.54) is 39.2 Å². The maximum absolute atomic E-state index is 12.3. The number of rotatable bonds is 5. The molecule has 0 spiro atoms. The molecule has 21 heavy (non-hydrogen) atoms. The zero-order valence-corrected chi connectivity index (χ0v) is 12.8. The van der Waals surface area contributed by atoms with Gasteiger partial charge >= 0.3 is 0 Å². The fraction of sp³-hybridized carbons (Fsp3) is 0.562. The Labute approximate surface area is 125 Å². The van der Waals surface area contributed by atoms with Gasteiger partial charge in [-0.1, -0.05) is 19.3 Å². The van der Waals surface area contributed by atoms with Gasteiger partial charge in [-0.25, -0.2) is 0 Å². The van der Waals surface area contributed by atoms with Crippen LogP contribution in [0.25, 0.3) is 0 Å². The van der Waals surface area contributed by atoms with Crippen LogP contribution in [0.5, 0.6) is 11.5 Å². The first kappa shape index (κ1) is 15.5. The van der Waals surface area contributed by atoms with Crippen LogP contribution in [-0.2, 0) is 0 Å². The maximum atomic E-state index is 12.3. The van der Waals surface area contributed by atoms with E-state index < -0.39 is 0 Å². The van der Waals surface area contributed by atoms with Crippen LogP contribution in [0.2, 0.25) is 0 Å². The predicted octanol–water partition coefficient (Wildman–Crippen LogP) is 2.60. The zero-order chi connectivity index (χ0) is 15.2. The van der Waals surface area contributed by atoms with Crippen molar-refractivity contribution in [3.8, 4) is 11.5 Å². The van der Waals surface area contributed by atoms with E-state index in [0.29, 0.717) is 35.2 Å². The minimum absolute atomic E-state index is 0.154. The Morgan fingerprint density at radius 1 is 1.19 bits per heavy atom. The number of anilines is 1. The summed E-state index contributed by atoms with van der Waals surface area (Å²) in [7, 11) is 3.08. The van der Waals surface area contributed by atoms with Gasteiger partial charge in [0.1, 0.15) is 0 Å². The summed E-state index contributed by atoms with van der Waals surface area (Å²) >= 11 is 0. The normalized spacial score (nSPS) is 15.5. The van der Waals surface area contributed by atoms with Crippen LogP contribution in [0.15, 0.2) is 12.1 Å². The van der Waals surface area contributed by atoms with E-state index in [1.807, 2.05) is 0 Å². The van der Waals surface area contributed by atoms with Gasteiger partial charge in [-0.2, -0.15) is 0 Å². The Morgan fingerprint density at radius 2 is 1.81 bits per heavy atom. The van der Waals surface area contributed by atoms with Crippen LogP contribution in [0, 0.1) is 5.92 Å². The average Bonchev–Trinajstić information content (AvgIpc) is 2.53. The first-order valence-electron chi connectivity index (χ1n) is 7.45. The molecule has 1 aliphatic carbocycles.